The normalized spacial score (nSPS) is 21.2. The summed E-state index contributed by atoms with van der Waals surface area (Å²) in [7, 11) is 0. The summed E-state index contributed by atoms with van der Waals surface area (Å²) in [4.78, 5) is 50.4. The van der Waals surface area contributed by atoms with E-state index in [2.05, 4.69) is 4.98 Å². The molecule has 1 aromatic carbocycles. The summed E-state index contributed by atoms with van der Waals surface area (Å²) >= 11 is 0. The fraction of sp³-hybridized carbons (Fsp3) is 0.538. The zero-order chi connectivity index (χ0) is 22.9. The SMILES string of the molecule is Cc1ccc(C(=O)N2CCc3nc(C4CCCN(C(=O)C5CCCC5)C4)[nH]c(=O)c3C2)cc1. The highest BCUT2D eigenvalue weighted by molar-refractivity contribution is 5.94. The maximum Gasteiger partial charge on any atom is 0.256 e. The standard InChI is InChI=1S/C26H32N4O3/c1-17-8-10-19(11-9-17)26(33)30-14-12-22-21(16-30)24(31)28-23(27-22)20-7-4-13-29(15-20)25(32)18-5-2-3-6-18/h8-11,18,20H,2-7,12-16H2,1H3,(H,27,28,31). The van der Waals surface area contributed by atoms with Gasteiger partial charge in [-0.05, 0) is 44.7 Å². The predicted octanol–water partition coefficient (Wildman–Crippen LogP) is 3.17. The lowest BCUT2D eigenvalue weighted by molar-refractivity contribution is -0.136. The molecule has 1 atom stereocenters. The molecule has 0 radical (unpaired) electrons. The Kier molecular flexibility index (Phi) is 6.04. The molecule has 7 heteroatoms. The van der Waals surface area contributed by atoms with Crippen LogP contribution in [0.3, 0.4) is 0 Å². The molecule has 0 spiro atoms. The quantitative estimate of drug-likeness (QED) is 0.781. The number of likely N-dealkylation sites (tertiary alicyclic amines) is 1. The topological polar surface area (TPSA) is 86.4 Å². The van der Waals surface area contributed by atoms with Crippen LogP contribution in [-0.4, -0.2) is 51.2 Å². The predicted molar refractivity (Wildman–Crippen MR) is 125 cm³/mol. The van der Waals surface area contributed by atoms with Gasteiger partial charge in [-0.25, -0.2) is 4.98 Å². The van der Waals surface area contributed by atoms with Crippen LogP contribution >= 0.6 is 0 Å². The van der Waals surface area contributed by atoms with Crippen molar-refractivity contribution in [2.24, 2.45) is 5.92 Å². The first-order valence-electron chi connectivity index (χ1n) is 12.3. The molecule has 1 aliphatic carbocycles. The number of H-pyrrole nitrogens is 1. The molecule has 5 rings (SSSR count). The molecule has 3 heterocycles. The number of amides is 2. The van der Waals surface area contributed by atoms with Crippen LogP contribution in [-0.2, 0) is 17.8 Å². The first-order chi connectivity index (χ1) is 16.0. The molecule has 0 bridgehead atoms. The molecule has 7 nitrogen and oxygen atoms in total. The average Bonchev–Trinajstić information content (AvgIpc) is 3.38. The van der Waals surface area contributed by atoms with Crippen molar-refractivity contribution in [3.63, 3.8) is 0 Å². The van der Waals surface area contributed by atoms with Crippen molar-refractivity contribution in [2.75, 3.05) is 19.6 Å². The van der Waals surface area contributed by atoms with Gasteiger partial charge in [0.15, 0.2) is 0 Å². The lowest BCUT2D eigenvalue weighted by atomic mass is 9.94. The molecule has 33 heavy (non-hydrogen) atoms. The van der Waals surface area contributed by atoms with E-state index in [0.29, 0.717) is 36.5 Å². The minimum atomic E-state index is -0.157. The summed E-state index contributed by atoms with van der Waals surface area (Å²) in [6.07, 6.45) is 6.74. The van der Waals surface area contributed by atoms with Gasteiger partial charge in [0.2, 0.25) is 5.91 Å². The van der Waals surface area contributed by atoms with Crippen molar-refractivity contribution in [3.05, 3.63) is 62.8 Å². The summed E-state index contributed by atoms with van der Waals surface area (Å²) in [6, 6.07) is 7.52. The number of hydrogen-bond donors (Lipinski definition) is 1. The van der Waals surface area contributed by atoms with Crippen molar-refractivity contribution in [1.82, 2.24) is 19.8 Å². The Balaban J connectivity index is 1.31. The van der Waals surface area contributed by atoms with E-state index in [4.69, 9.17) is 4.98 Å². The molecular weight excluding hydrogens is 416 g/mol. The Morgan fingerprint density at radius 3 is 2.52 bits per heavy atom. The van der Waals surface area contributed by atoms with Gasteiger partial charge in [-0.1, -0.05) is 30.5 Å². The van der Waals surface area contributed by atoms with Crippen molar-refractivity contribution in [1.29, 1.82) is 0 Å². The minimum absolute atomic E-state index is 0.0579. The third-order valence-corrected chi connectivity index (χ3v) is 7.50. The molecule has 3 aliphatic rings. The fourth-order valence-corrected chi connectivity index (χ4v) is 5.52. The van der Waals surface area contributed by atoms with Crippen LogP contribution in [0.4, 0.5) is 0 Å². The highest BCUT2D eigenvalue weighted by Crippen LogP contribution is 2.31. The Morgan fingerprint density at radius 2 is 1.76 bits per heavy atom. The number of piperidine rings is 1. The largest absolute Gasteiger partial charge is 0.342 e. The zero-order valence-corrected chi connectivity index (χ0v) is 19.3. The number of nitrogens with one attached hydrogen (secondary N) is 1. The van der Waals surface area contributed by atoms with Crippen LogP contribution in [0, 0.1) is 12.8 Å². The van der Waals surface area contributed by atoms with Gasteiger partial charge >= 0.3 is 0 Å². The van der Waals surface area contributed by atoms with Crippen LogP contribution in [0.1, 0.15) is 77.4 Å². The Bertz CT molecular complexity index is 1100. The molecule has 2 amide bonds. The van der Waals surface area contributed by atoms with Crippen molar-refractivity contribution >= 4 is 11.8 Å². The van der Waals surface area contributed by atoms with E-state index in [-0.39, 0.29) is 35.8 Å². The number of fused-ring (bicyclic) bond motifs is 1. The highest BCUT2D eigenvalue weighted by atomic mass is 16.2. The second-order valence-electron chi connectivity index (χ2n) is 9.82. The van der Waals surface area contributed by atoms with Gasteiger partial charge in [0.05, 0.1) is 17.8 Å². The van der Waals surface area contributed by atoms with Gasteiger partial charge in [-0.2, -0.15) is 0 Å². The van der Waals surface area contributed by atoms with E-state index in [1.807, 2.05) is 36.1 Å². The number of aryl methyl sites for hydroxylation is 1. The first-order valence-corrected chi connectivity index (χ1v) is 12.3. The van der Waals surface area contributed by atoms with Crippen molar-refractivity contribution in [2.45, 2.75) is 64.3 Å². The number of carbonyl (C=O) groups is 2. The number of hydrogen-bond acceptors (Lipinski definition) is 4. The smallest absolute Gasteiger partial charge is 0.256 e. The summed E-state index contributed by atoms with van der Waals surface area (Å²) in [5.41, 5.74) is 2.96. The summed E-state index contributed by atoms with van der Waals surface area (Å²) in [5.74, 6) is 1.16. The van der Waals surface area contributed by atoms with Gasteiger partial charge in [0.25, 0.3) is 11.5 Å². The van der Waals surface area contributed by atoms with Crippen LogP contribution in [0.5, 0.6) is 0 Å². The molecule has 174 valence electrons. The van der Waals surface area contributed by atoms with Crippen LogP contribution in [0.2, 0.25) is 0 Å². The van der Waals surface area contributed by atoms with Crippen LogP contribution < -0.4 is 5.56 Å². The van der Waals surface area contributed by atoms with Gasteiger partial charge in [-0.15, -0.1) is 0 Å². The van der Waals surface area contributed by atoms with Crippen LogP contribution in [0.25, 0.3) is 0 Å². The first kappa shape index (κ1) is 21.9. The van der Waals surface area contributed by atoms with Gasteiger partial charge in [0.1, 0.15) is 5.82 Å². The molecule has 2 aliphatic heterocycles. The lowest BCUT2D eigenvalue weighted by Crippen LogP contribution is -2.43. The third-order valence-electron chi connectivity index (χ3n) is 7.50. The number of nitrogens with zero attached hydrogens (tertiary/aromatic N) is 3. The number of aromatic amines is 1. The maximum absolute atomic E-state index is 13.0. The Hall–Kier alpha value is -2.96. The average molecular weight is 449 g/mol. The van der Waals surface area contributed by atoms with Gasteiger partial charge < -0.3 is 14.8 Å². The number of carbonyl (C=O) groups excluding carboxylic acids is 2. The number of aromatic nitrogens is 2. The highest BCUT2D eigenvalue weighted by Gasteiger charge is 2.33. The van der Waals surface area contributed by atoms with Crippen molar-refractivity contribution < 1.29 is 9.59 Å². The summed E-state index contributed by atoms with van der Waals surface area (Å²) in [5, 5.41) is 0. The van der Waals surface area contributed by atoms with E-state index in [0.717, 1.165) is 56.3 Å². The molecule has 1 aromatic heterocycles. The van der Waals surface area contributed by atoms with Crippen LogP contribution in [0.15, 0.2) is 29.1 Å². The number of benzene rings is 1. The minimum Gasteiger partial charge on any atom is -0.342 e. The molecule has 1 unspecified atom stereocenters. The third kappa shape index (κ3) is 4.45. The molecular formula is C26H32N4O3. The molecule has 2 fully saturated rings. The Morgan fingerprint density at radius 1 is 1.00 bits per heavy atom. The van der Waals surface area contributed by atoms with E-state index >= 15 is 0 Å². The fourth-order valence-electron chi connectivity index (χ4n) is 5.52. The Labute approximate surface area is 194 Å². The monoisotopic (exact) mass is 448 g/mol. The molecule has 1 N–H and O–H groups in total. The van der Waals surface area contributed by atoms with E-state index in [9.17, 15) is 14.4 Å². The van der Waals surface area contributed by atoms with E-state index in [1.54, 1.807) is 4.90 Å². The summed E-state index contributed by atoms with van der Waals surface area (Å²) in [6.45, 7) is 4.25. The molecule has 1 saturated carbocycles. The van der Waals surface area contributed by atoms with Gasteiger partial charge in [0, 0.05) is 43.5 Å². The van der Waals surface area contributed by atoms with Gasteiger partial charge in [-0.3, -0.25) is 14.4 Å². The zero-order valence-electron chi connectivity index (χ0n) is 19.3. The summed E-state index contributed by atoms with van der Waals surface area (Å²) < 4.78 is 0. The van der Waals surface area contributed by atoms with Crippen molar-refractivity contribution in [3.8, 4) is 0 Å². The second kappa shape index (κ2) is 9.12. The number of rotatable bonds is 3. The lowest BCUT2D eigenvalue weighted by Gasteiger charge is -2.34. The molecule has 1 saturated heterocycles. The second-order valence-corrected chi connectivity index (χ2v) is 9.82. The maximum atomic E-state index is 13.0. The molecule has 2 aromatic rings. The van der Waals surface area contributed by atoms with E-state index < -0.39 is 0 Å². The van der Waals surface area contributed by atoms with E-state index in [1.165, 1.54) is 0 Å².